The van der Waals surface area contributed by atoms with E-state index >= 15 is 0 Å². The second kappa shape index (κ2) is 6.60. The topological polar surface area (TPSA) is 64.7 Å². The summed E-state index contributed by atoms with van der Waals surface area (Å²) >= 11 is 3.41. The Hall–Kier alpha value is -2.41. The van der Waals surface area contributed by atoms with Crippen LogP contribution >= 0.6 is 15.9 Å². The van der Waals surface area contributed by atoms with E-state index in [0.717, 1.165) is 5.69 Å². The van der Waals surface area contributed by atoms with E-state index in [-0.39, 0.29) is 5.91 Å². The van der Waals surface area contributed by atoms with Gasteiger partial charge in [0.1, 0.15) is 0 Å². The van der Waals surface area contributed by atoms with E-state index < -0.39 is 0 Å². The predicted octanol–water partition coefficient (Wildman–Crippen LogP) is 3.30. The molecule has 2 aromatic heterocycles. The molecule has 0 fully saturated rings. The van der Waals surface area contributed by atoms with Crippen LogP contribution in [0.3, 0.4) is 0 Å². The molecule has 1 amide bonds. The van der Waals surface area contributed by atoms with Crippen LogP contribution in [0, 0.1) is 13.8 Å². The Morgan fingerprint density at radius 2 is 2.04 bits per heavy atom. The van der Waals surface area contributed by atoms with Gasteiger partial charge in [-0.3, -0.25) is 14.2 Å². The van der Waals surface area contributed by atoms with E-state index in [9.17, 15) is 4.79 Å². The number of aromatic nitrogens is 4. The molecule has 1 N–H and O–H groups in total. The number of anilines is 1. The van der Waals surface area contributed by atoms with E-state index in [1.165, 1.54) is 11.1 Å². The van der Waals surface area contributed by atoms with Crippen LogP contribution in [-0.2, 0) is 13.6 Å². The van der Waals surface area contributed by atoms with E-state index in [4.69, 9.17) is 0 Å². The average Bonchev–Trinajstić information content (AvgIpc) is 3.09. The maximum atomic E-state index is 12.4. The molecular formula is C17H18BrN5O. The molecule has 124 valence electrons. The first-order chi connectivity index (χ1) is 11.5. The number of halogens is 1. The summed E-state index contributed by atoms with van der Waals surface area (Å²) < 4.78 is 4.17. The van der Waals surface area contributed by atoms with Crippen LogP contribution in [0.5, 0.6) is 0 Å². The van der Waals surface area contributed by atoms with Crippen molar-refractivity contribution in [1.82, 2.24) is 19.6 Å². The van der Waals surface area contributed by atoms with Crippen molar-refractivity contribution >= 4 is 27.5 Å². The van der Waals surface area contributed by atoms with Crippen molar-refractivity contribution in [1.29, 1.82) is 0 Å². The lowest BCUT2D eigenvalue weighted by molar-refractivity contribution is 0.102. The molecule has 2 heterocycles. The van der Waals surface area contributed by atoms with Crippen molar-refractivity contribution in [2.24, 2.45) is 7.05 Å². The summed E-state index contributed by atoms with van der Waals surface area (Å²) in [6.07, 6.45) is 3.45. The lowest BCUT2D eigenvalue weighted by Gasteiger charge is -2.05. The molecule has 0 unspecified atom stereocenters. The molecule has 0 bridgehead atoms. The fraction of sp³-hybridized carbons (Fsp3) is 0.235. The quantitative estimate of drug-likeness (QED) is 0.746. The normalized spacial score (nSPS) is 10.8. The Balaban J connectivity index is 1.73. The summed E-state index contributed by atoms with van der Waals surface area (Å²) in [7, 11) is 1.80. The molecule has 3 aromatic rings. The largest absolute Gasteiger partial charge is 0.318 e. The van der Waals surface area contributed by atoms with Crippen LogP contribution in [0.4, 0.5) is 5.69 Å². The Morgan fingerprint density at radius 1 is 1.29 bits per heavy atom. The molecule has 0 aliphatic carbocycles. The van der Waals surface area contributed by atoms with Gasteiger partial charge in [-0.05, 0) is 40.9 Å². The molecule has 0 aliphatic heterocycles. The van der Waals surface area contributed by atoms with Gasteiger partial charge in [0.2, 0.25) is 0 Å². The fourth-order valence-corrected chi connectivity index (χ4v) is 2.91. The summed E-state index contributed by atoms with van der Waals surface area (Å²) in [5.74, 6) is -0.263. The van der Waals surface area contributed by atoms with Gasteiger partial charge in [-0.2, -0.15) is 10.2 Å². The standard InChI is InChI=1S/C17H18BrN5O/c1-11-6-4-5-7-13(11)9-23-10-14(8-19-23)20-17(24)16-15(18)12(2)22(3)21-16/h4-8,10H,9H2,1-3H3,(H,20,24). The number of amides is 1. The zero-order valence-corrected chi connectivity index (χ0v) is 15.3. The highest BCUT2D eigenvalue weighted by Gasteiger charge is 2.18. The average molecular weight is 388 g/mol. The van der Waals surface area contributed by atoms with E-state index in [1.54, 1.807) is 22.6 Å². The van der Waals surface area contributed by atoms with Gasteiger partial charge in [0.25, 0.3) is 5.91 Å². The molecule has 3 rings (SSSR count). The lowest BCUT2D eigenvalue weighted by Crippen LogP contribution is -2.13. The molecule has 7 heteroatoms. The summed E-state index contributed by atoms with van der Waals surface area (Å²) in [4.78, 5) is 12.4. The van der Waals surface area contributed by atoms with E-state index in [2.05, 4.69) is 50.5 Å². The summed E-state index contributed by atoms with van der Waals surface area (Å²) in [5, 5.41) is 11.4. The second-order valence-corrected chi connectivity index (χ2v) is 6.47. The minimum absolute atomic E-state index is 0.263. The number of carbonyl (C=O) groups excluding carboxylic acids is 1. The molecule has 0 saturated heterocycles. The van der Waals surface area contributed by atoms with Crippen LogP contribution in [0.2, 0.25) is 0 Å². The van der Waals surface area contributed by atoms with Gasteiger partial charge in [-0.15, -0.1) is 0 Å². The lowest BCUT2D eigenvalue weighted by atomic mass is 10.1. The number of aryl methyl sites for hydroxylation is 2. The SMILES string of the molecule is Cc1ccccc1Cn1cc(NC(=O)c2nn(C)c(C)c2Br)cn1. The van der Waals surface area contributed by atoms with Crippen molar-refractivity contribution in [2.45, 2.75) is 20.4 Å². The first-order valence-corrected chi connectivity index (χ1v) is 8.32. The molecule has 0 spiro atoms. The fourth-order valence-electron chi connectivity index (χ4n) is 2.39. The first-order valence-electron chi connectivity index (χ1n) is 7.53. The maximum Gasteiger partial charge on any atom is 0.277 e. The van der Waals surface area contributed by atoms with E-state index in [1.807, 2.05) is 25.3 Å². The molecular weight excluding hydrogens is 370 g/mol. The zero-order chi connectivity index (χ0) is 17.3. The number of rotatable bonds is 4. The summed E-state index contributed by atoms with van der Waals surface area (Å²) in [5.41, 5.74) is 4.31. The molecule has 6 nitrogen and oxygen atoms in total. The van der Waals surface area contributed by atoms with Gasteiger partial charge in [0.15, 0.2) is 5.69 Å². The van der Waals surface area contributed by atoms with Gasteiger partial charge < -0.3 is 5.32 Å². The number of hydrogen-bond acceptors (Lipinski definition) is 3. The third kappa shape index (κ3) is 3.26. The van der Waals surface area contributed by atoms with Gasteiger partial charge in [-0.1, -0.05) is 24.3 Å². The van der Waals surface area contributed by atoms with Gasteiger partial charge in [-0.25, -0.2) is 0 Å². The van der Waals surface area contributed by atoms with Crippen molar-refractivity contribution in [3.8, 4) is 0 Å². The Morgan fingerprint density at radius 3 is 2.71 bits per heavy atom. The van der Waals surface area contributed by atoms with Crippen LogP contribution < -0.4 is 5.32 Å². The zero-order valence-electron chi connectivity index (χ0n) is 13.7. The van der Waals surface area contributed by atoms with Crippen LogP contribution in [-0.4, -0.2) is 25.5 Å². The number of nitrogens with zero attached hydrogens (tertiary/aromatic N) is 4. The van der Waals surface area contributed by atoms with Gasteiger partial charge >= 0.3 is 0 Å². The van der Waals surface area contributed by atoms with Crippen molar-refractivity contribution in [2.75, 3.05) is 5.32 Å². The Labute approximate surface area is 148 Å². The second-order valence-electron chi connectivity index (χ2n) is 5.68. The molecule has 0 saturated carbocycles. The Bertz CT molecular complexity index is 896. The van der Waals surface area contributed by atoms with Crippen molar-refractivity contribution in [3.05, 3.63) is 63.6 Å². The monoisotopic (exact) mass is 387 g/mol. The van der Waals surface area contributed by atoms with Crippen molar-refractivity contribution < 1.29 is 4.79 Å². The van der Waals surface area contributed by atoms with E-state index in [0.29, 0.717) is 22.4 Å². The number of benzene rings is 1. The smallest absolute Gasteiger partial charge is 0.277 e. The molecule has 1 aromatic carbocycles. The summed E-state index contributed by atoms with van der Waals surface area (Å²) in [6.45, 7) is 4.63. The minimum atomic E-state index is -0.263. The van der Waals surface area contributed by atoms with Crippen molar-refractivity contribution in [3.63, 3.8) is 0 Å². The van der Waals surface area contributed by atoms with Crippen LogP contribution in [0.1, 0.15) is 27.3 Å². The van der Waals surface area contributed by atoms with Gasteiger partial charge in [0, 0.05) is 13.2 Å². The highest BCUT2D eigenvalue weighted by atomic mass is 79.9. The summed E-state index contributed by atoms with van der Waals surface area (Å²) in [6, 6.07) is 8.17. The van der Waals surface area contributed by atoms with Crippen LogP contribution in [0.15, 0.2) is 41.1 Å². The number of hydrogen-bond donors (Lipinski definition) is 1. The third-order valence-electron chi connectivity index (χ3n) is 3.96. The predicted molar refractivity (Wildman–Crippen MR) is 96.1 cm³/mol. The van der Waals surface area contributed by atoms with Crippen LogP contribution in [0.25, 0.3) is 0 Å². The number of carbonyl (C=O) groups is 1. The highest BCUT2D eigenvalue weighted by Crippen LogP contribution is 2.21. The maximum absolute atomic E-state index is 12.4. The molecule has 0 radical (unpaired) electrons. The Kier molecular flexibility index (Phi) is 4.53. The van der Waals surface area contributed by atoms with Gasteiger partial charge in [0.05, 0.1) is 28.6 Å². The minimum Gasteiger partial charge on any atom is -0.318 e. The number of nitrogens with one attached hydrogen (secondary N) is 1. The third-order valence-corrected chi connectivity index (χ3v) is 4.91. The highest BCUT2D eigenvalue weighted by molar-refractivity contribution is 9.10. The molecule has 24 heavy (non-hydrogen) atoms. The molecule has 0 atom stereocenters. The molecule has 0 aliphatic rings. The first kappa shape index (κ1) is 16.4.